The maximum Gasteiger partial charge on any atom is 0.157 e. The molecule has 0 N–H and O–H groups in total. The van der Waals surface area contributed by atoms with Gasteiger partial charge in [0.15, 0.2) is 9.84 Å². The second-order valence-corrected chi connectivity index (χ2v) is 4.68. The Balaban J connectivity index is 2.90. The third-order valence-electron chi connectivity index (χ3n) is 1.49. The van der Waals surface area contributed by atoms with E-state index in [2.05, 4.69) is 6.08 Å². The topological polar surface area (TPSA) is 34.1 Å². The SMILES string of the molecule is CC1CC=[C]CS1(=O)=O. The third kappa shape index (κ3) is 1.33. The van der Waals surface area contributed by atoms with Gasteiger partial charge in [-0.05, 0) is 19.4 Å². The molecule has 0 saturated carbocycles. The monoisotopic (exact) mass is 145 g/mol. The van der Waals surface area contributed by atoms with E-state index in [-0.39, 0.29) is 11.0 Å². The molecule has 0 bridgehead atoms. The van der Waals surface area contributed by atoms with E-state index in [0.29, 0.717) is 6.42 Å². The summed E-state index contributed by atoms with van der Waals surface area (Å²) < 4.78 is 21.8. The Morgan fingerprint density at radius 3 is 2.67 bits per heavy atom. The second kappa shape index (κ2) is 2.14. The first-order chi connectivity index (χ1) is 4.13. The maximum absolute atomic E-state index is 10.9. The van der Waals surface area contributed by atoms with Crippen molar-refractivity contribution in [3.63, 3.8) is 0 Å². The number of hydrogen-bond donors (Lipinski definition) is 0. The molecule has 3 heteroatoms. The van der Waals surface area contributed by atoms with Crippen molar-refractivity contribution in [2.45, 2.75) is 18.6 Å². The molecule has 1 rings (SSSR count). The van der Waals surface area contributed by atoms with E-state index in [1.807, 2.05) is 0 Å². The molecule has 9 heavy (non-hydrogen) atoms. The van der Waals surface area contributed by atoms with Crippen molar-refractivity contribution < 1.29 is 8.42 Å². The number of rotatable bonds is 0. The zero-order valence-electron chi connectivity index (χ0n) is 5.29. The summed E-state index contributed by atoms with van der Waals surface area (Å²) in [5.41, 5.74) is 0. The van der Waals surface area contributed by atoms with Crippen LogP contribution in [-0.4, -0.2) is 19.4 Å². The van der Waals surface area contributed by atoms with Gasteiger partial charge in [0, 0.05) is 0 Å². The van der Waals surface area contributed by atoms with Crippen LogP contribution in [0.3, 0.4) is 0 Å². The molecule has 0 aromatic rings. The molecule has 1 radical (unpaired) electrons. The van der Waals surface area contributed by atoms with E-state index >= 15 is 0 Å². The average molecular weight is 145 g/mol. The van der Waals surface area contributed by atoms with Crippen LogP contribution in [0, 0.1) is 6.08 Å². The third-order valence-corrected chi connectivity index (χ3v) is 3.48. The highest BCUT2D eigenvalue weighted by Crippen LogP contribution is 2.11. The minimum Gasteiger partial charge on any atom is -0.228 e. The molecule has 51 valence electrons. The van der Waals surface area contributed by atoms with Crippen LogP contribution in [0.4, 0.5) is 0 Å². The van der Waals surface area contributed by atoms with Crippen LogP contribution in [0.2, 0.25) is 0 Å². The van der Waals surface area contributed by atoms with Crippen molar-refractivity contribution >= 4 is 9.84 Å². The molecule has 0 aliphatic carbocycles. The molecule has 1 unspecified atom stereocenters. The minimum absolute atomic E-state index is 0.105. The molecule has 1 heterocycles. The van der Waals surface area contributed by atoms with E-state index < -0.39 is 9.84 Å². The van der Waals surface area contributed by atoms with Gasteiger partial charge in [-0.15, -0.1) is 0 Å². The Hall–Kier alpha value is -0.310. The van der Waals surface area contributed by atoms with Crippen LogP contribution in [0.1, 0.15) is 13.3 Å². The fourth-order valence-corrected chi connectivity index (χ4v) is 1.74. The van der Waals surface area contributed by atoms with Gasteiger partial charge in [0.2, 0.25) is 0 Å². The zero-order chi connectivity index (χ0) is 6.91. The predicted octanol–water partition coefficient (Wildman–Crippen LogP) is 0.553. The van der Waals surface area contributed by atoms with E-state index in [1.54, 1.807) is 13.0 Å². The van der Waals surface area contributed by atoms with E-state index in [4.69, 9.17) is 0 Å². The van der Waals surface area contributed by atoms with Crippen LogP contribution in [0.5, 0.6) is 0 Å². The molecule has 0 saturated heterocycles. The van der Waals surface area contributed by atoms with Crippen LogP contribution in [-0.2, 0) is 9.84 Å². The Kier molecular flexibility index (Phi) is 1.62. The second-order valence-electron chi connectivity index (χ2n) is 2.26. The van der Waals surface area contributed by atoms with Crippen LogP contribution >= 0.6 is 0 Å². The van der Waals surface area contributed by atoms with E-state index in [1.165, 1.54) is 0 Å². The molecule has 1 atom stereocenters. The lowest BCUT2D eigenvalue weighted by Crippen LogP contribution is -2.22. The molecule has 0 amide bonds. The fourth-order valence-electron chi connectivity index (χ4n) is 0.713. The van der Waals surface area contributed by atoms with Crippen molar-refractivity contribution in [1.82, 2.24) is 0 Å². The largest absolute Gasteiger partial charge is 0.228 e. The number of sulfone groups is 1. The van der Waals surface area contributed by atoms with E-state index in [0.717, 1.165) is 0 Å². The number of allylic oxidation sites excluding steroid dienone is 1. The zero-order valence-corrected chi connectivity index (χ0v) is 6.11. The molecule has 0 aromatic carbocycles. The summed E-state index contributed by atoms with van der Waals surface area (Å²) in [6, 6.07) is 0. The van der Waals surface area contributed by atoms with Crippen LogP contribution in [0.15, 0.2) is 6.08 Å². The van der Waals surface area contributed by atoms with Gasteiger partial charge in [-0.2, -0.15) is 0 Å². The van der Waals surface area contributed by atoms with Crippen molar-refractivity contribution in [3.8, 4) is 0 Å². The van der Waals surface area contributed by atoms with Gasteiger partial charge in [0.25, 0.3) is 0 Å². The number of hydrogen-bond acceptors (Lipinski definition) is 2. The summed E-state index contributed by atoms with van der Waals surface area (Å²) in [5, 5.41) is -0.196. The standard InChI is InChI=1S/C6H9O2S/c1-6-4-2-3-5-9(6,7)8/h2,6H,4-5H2,1H3. The van der Waals surface area contributed by atoms with Gasteiger partial charge in [0.05, 0.1) is 11.0 Å². The maximum atomic E-state index is 10.9. The van der Waals surface area contributed by atoms with Gasteiger partial charge in [0.1, 0.15) is 0 Å². The van der Waals surface area contributed by atoms with Gasteiger partial charge in [-0.1, -0.05) is 6.08 Å². The molecular weight excluding hydrogens is 136 g/mol. The molecule has 0 aromatic heterocycles. The molecular formula is C6H9O2S. The molecule has 1 aliphatic rings. The highest BCUT2D eigenvalue weighted by molar-refractivity contribution is 7.92. The highest BCUT2D eigenvalue weighted by Gasteiger charge is 2.20. The molecule has 2 nitrogen and oxygen atoms in total. The molecule has 0 fully saturated rings. The first-order valence-corrected chi connectivity index (χ1v) is 4.61. The van der Waals surface area contributed by atoms with Gasteiger partial charge in [-0.3, -0.25) is 0 Å². The first kappa shape index (κ1) is 6.81. The van der Waals surface area contributed by atoms with Gasteiger partial charge < -0.3 is 0 Å². The smallest absolute Gasteiger partial charge is 0.157 e. The highest BCUT2D eigenvalue weighted by atomic mass is 32.2. The normalized spacial score (nSPS) is 32.3. The lowest BCUT2D eigenvalue weighted by molar-refractivity contribution is 0.583. The van der Waals surface area contributed by atoms with Crippen LogP contribution in [0.25, 0.3) is 0 Å². The van der Waals surface area contributed by atoms with Crippen LogP contribution < -0.4 is 0 Å². The van der Waals surface area contributed by atoms with Crippen molar-refractivity contribution in [2.24, 2.45) is 0 Å². The summed E-state index contributed by atoms with van der Waals surface area (Å²) in [4.78, 5) is 0. The summed E-state index contributed by atoms with van der Waals surface area (Å²) in [7, 11) is -2.80. The Labute approximate surface area is 55.5 Å². The predicted molar refractivity (Wildman–Crippen MR) is 35.7 cm³/mol. The Bertz CT molecular complexity index is 213. The van der Waals surface area contributed by atoms with E-state index in [9.17, 15) is 8.42 Å². The first-order valence-electron chi connectivity index (χ1n) is 2.89. The summed E-state index contributed by atoms with van der Waals surface area (Å²) in [6.45, 7) is 1.73. The lowest BCUT2D eigenvalue weighted by atomic mass is 10.3. The Morgan fingerprint density at radius 2 is 2.33 bits per heavy atom. The van der Waals surface area contributed by atoms with Gasteiger partial charge in [-0.25, -0.2) is 8.42 Å². The molecule has 1 aliphatic heterocycles. The quantitative estimate of drug-likeness (QED) is 0.499. The minimum atomic E-state index is -2.80. The van der Waals surface area contributed by atoms with Crippen molar-refractivity contribution in [1.29, 1.82) is 0 Å². The van der Waals surface area contributed by atoms with Crippen molar-refractivity contribution in [3.05, 3.63) is 12.2 Å². The summed E-state index contributed by atoms with van der Waals surface area (Å²) in [6.07, 6.45) is 5.12. The Morgan fingerprint density at radius 1 is 1.67 bits per heavy atom. The average Bonchev–Trinajstić information content (AvgIpc) is 1.77. The fraction of sp³-hybridized carbons (Fsp3) is 0.667. The molecule has 0 spiro atoms. The summed E-state index contributed by atoms with van der Waals surface area (Å²) in [5.74, 6) is 0.105. The van der Waals surface area contributed by atoms with Crippen molar-refractivity contribution in [2.75, 3.05) is 5.75 Å². The lowest BCUT2D eigenvalue weighted by Gasteiger charge is -2.11. The van der Waals surface area contributed by atoms with Gasteiger partial charge >= 0.3 is 0 Å². The summed E-state index contributed by atoms with van der Waals surface area (Å²) >= 11 is 0.